The molecule has 0 spiro atoms. The zero-order chi connectivity index (χ0) is 41.9. The second-order valence-corrected chi connectivity index (χ2v) is 18.4. The number of carbonyl (C=O) groups is 3. The van der Waals surface area contributed by atoms with E-state index in [1.165, 1.54) is 167 Å². The maximum absolute atomic E-state index is 12.7. The van der Waals surface area contributed by atoms with Gasteiger partial charge in [-0.2, -0.15) is 0 Å². The van der Waals surface area contributed by atoms with Gasteiger partial charge in [-0.3, -0.25) is 14.4 Å². The number of hydrogen-bond acceptors (Lipinski definition) is 6. The van der Waals surface area contributed by atoms with Gasteiger partial charge in [-0.05, 0) is 31.1 Å². The minimum absolute atomic E-state index is 0.0643. The van der Waals surface area contributed by atoms with E-state index >= 15 is 0 Å². The number of esters is 3. The molecule has 0 aromatic rings. The molecule has 0 saturated carbocycles. The molecule has 57 heavy (non-hydrogen) atoms. The molecule has 6 heteroatoms. The van der Waals surface area contributed by atoms with E-state index < -0.39 is 6.10 Å². The SMILES string of the molecule is CCCCCCCCCCCC(=O)O[C@H](COC(=O)CCCCCCCCCCCCCCCCCCC(C)C)COC(=O)CCCCCCCCCCC(C)C. The molecule has 0 unspecified atom stereocenters. The summed E-state index contributed by atoms with van der Waals surface area (Å²) in [6, 6.07) is 0. The van der Waals surface area contributed by atoms with E-state index in [0.29, 0.717) is 19.3 Å². The van der Waals surface area contributed by atoms with Crippen molar-refractivity contribution >= 4 is 17.9 Å². The Morgan fingerprint density at radius 3 is 0.860 bits per heavy atom. The minimum atomic E-state index is -0.760. The van der Waals surface area contributed by atoms with Crippen LogP contribution in [0.3, 0.4) is 0 Å². The van der Waals surface area contributed by atoms with E-state index in [1.807, 2.05) is 0 Å². The van der Waals surface area contributed by atoms with Gasteiger partial charge in [-0.1, -0.05) is 240 Å². The molecule has 0 radical (unpaired) electrons. The Morgan fingerprint density at radius 2 is 0.579 bits per heavy atom. The first kappa shape index (κ1) is 55.4. The average molecular weight is 807 g/mol. The lowest BCUT2D eigenvalue weighted by Gasteiger charge is -2.18. The molecule has 6 nitrogen and oxygen atoms in total. The second-order valence-electron chi connectivity index (χ2n) is 18.4. The first-order valence-corrected chi connectivity index (χ1v) is 25.2. The third kappa shape index (κ3) is 45.3. The van der Waals surface area contributed by atoms with Gasteiger partial charge in [0.05, 0.1) is 0 Å². The largest absolute Gasteiger partial charge is 0.462 e. The van der Waals surface area contributed by atoms with E-state index in [-0.39, 0.29) is 31.1 Å². The van der Waals surface area contributed by atoms with E-state index in [4.69, 9.17) is 14.2 Å². The number of rotatable bonds is 45. The van der Waals surface area contributed by atoms with Crippen LogP contribution in [0, 0.1) is 11.8 Å². The quantitative estimate of drug-likeness (QED) is 0.0346. The van der Waals surface area contributed by atoms with Gasteiger partial charge in [0, 0.05) is 19.3 Å². The monoisotopic (exact) mass is 807 g/mol. The molecule has 1 atom stereocenters. The van der Waals surface area contributed by atoms with Gasteiger partial charge in [0.15, 0.2) is 6.10 Å². The molecule has 0 heterocycles. The minimum Gasteiger partial charge on any atom is -0.462 e. The van der Waals surface area contributed by atoms with Crippen LogP contribution >= 0.6 is 0 Å². The molecule has 0 aromatic carbocycles. The van der Waals surface area contributed by atoms with Crippen molar-refractivity contribution in [3.63, 3.8) is 0 Å². The zero-order valence-electron chi connectivity index (χ0n) is 39.0. The van der Waals surface area contributed by atoms with Crippen LogP contribution in [0.4, 0.5) is 0 Å². The highest BCUT2D eigenvalue weighted by molar-refractivity contribution is 5.71. The summed E-state index contributed by atoms with van der Waals surface area (Å²) < 4.78 is 16.7. The lowest BCUT2D eigenvalue weighted by Crippen LogP contribution is -2.30. The van der Waals surface area contributed by atoms with Crippen LogP contribution in [0.5, 0.6) is 0 Å². The van der Waals surface area contributed by atoms with Crippen molar-refractivity contribution in [2.24, 2.45) is 11.8 Å². The summed E-state index contributed by atoms with van der Waals surface area (Å²) in [7, 11) is 0. The van der Waals surface area contributed by atoms with Crippen LogP contribution in [0.25, 0.3) is 0 Å². The first-order chi connectivity index (χ1) is 27.7. The fraction of sp³-hybridized carbons (Fsp3) is 0.941. The van der Waals surface area contributed by atoms with Crippen LogP contribution in [0.1, 0.15) is 279 Å². The van der Waals surface area contributed by atoms with E-state index in [2.05, 4.69) is 34.6 Å². The summed E-state index contributed by atoms with van der Waals surface area (Å²) >= 11 is 0. The molecule has 338 valence electrons. The van der Waals surface area contributed by atoms with Gasteiger partial charge in [0.2, 0.25) is 0 Å². The Labute approximate surface area is 355 Å². The average Bonchev–Trinajstić information content (AvgIpc) is 3.18. The molecule has 0 rings (SSSR count). The van der Waals surface area contributed by atoms with Gasteiger partial charge >= 0.3 is 17.9 Å². The lowest BCUT2D eigenvalue weighted by atomic mass is 10.0. The van der Waals surface area contributed by atoms with Crippen molar-refractivity contribution in [1.29, 1.82) is 0 Å². The van der Waals surface area contributed by atoms with Crippen molar-refractivity contribution in [2.45, 2.75) is 285 Å². The summed E-state index contributed by atoms with van der Waals surface area (Å²) in [4.78, 5) is 37.8. The highest BCUT2D eigenvalue weighted by Gasteiger charge is 2.19. The molecular formula is C51H98O6. The summed E-state index contributed by atoms with van der Waals surface area (Å²) in [6.07, 6.45) is 43.9. The van der Waals surface area contributed by atoms with Crippen LogP contribution < -0.4 is 0 Å². The van der Waals surface area contributed by atoms with Crippen molar-refractivity contribution in [2.75, 3.05) is 13.2 Å². The molecule has 0 N–H and O–H groups in total. The summed E-state index contributed by atoms with van der Waals surface area (Å²) in [5.41, 5.74) is 0. The first-order valence-electron chi connectivity index (χ1n) is 25.2. The number of unbranched alkanes of at least 4 members (excludes halogenated alkanes) is 30. The fourth-order valence-electron chi connectivity index (χ4n) is 7.64. The Kier molecular flexibility index (Phi) is 42.7. The van der Waals surface area contributed by atoms with Crippen LogP contribution in [0.15, 0.2) is 0 Å². The molecule has 0 bridgehead atoms. The molecule has 0 aliphatic rings. The van der Waals surface area contributed by atoms with Crippen molar-refractivity contribution < 1.29 is 28.6 Å². The predicted molar refractivity (Wildman–Crippen MR) is 243 cm³/mol. The molecule has 0 aliphatic carbocycles. The highest BCUT2D eigenvalue weighted by atomic mass is 16.6. The highest BCUT2D eigenvalue weighted by Crippen LogP contribution is 2.17. The molecule has 0 fully saturated rings. The topological polar surface area (TPSA) is 78.9 Å². The molecule has 0 saturated heterocycles. The second kappa shape index (κ2) is 44.0. The molecule has 0 amide bonds. The number of carbonyl (C=O) groups excluding carboxylic acids is 3. The lowest BCUT2D eigenvalue weighted by molar-refractivity contribution is -0.167. The van der Waals surface area contributed by atoms with E-state index in [0.717, 1.165) is 69.6 Å². The fourth-order valence-corrected chi connectivity index (χ4v) is 7.64. The standard InChI is InChI=1S/C51H98O6/c1-6-7-8-9-10-19-28-33-38-43-51(54)57-48(45-56-50(53)42-37-32-27-23-22-25-30-35-40-47(4)5)44-55-49(52)41-36-31-26-21-18-16-14-12-11-13-15-17-20-24-29-34-39-46(2)3/h46-48H,6-45H2,1-5H3/t48-/m1/s1. The van der Waals surface area contributed by atoms with Crippen molar-refractivity contribution in [3.8, 4) is 0 Å². The Balaban J connectivity index is 4.20. The van der Waals surface area contributed by atoms with Gasteiger partial charge in [0.1, 0.15) is 13.2 Å². The van der Waals surface area contributed by atoms with Crippen LogP contribution in [-0.4, -0.2) is 37.2 Å². The maximum atomic E-state index is 12.7. The summed E-state index contributed by atoms with van der Waals surface area (Å²) in [5, 5.41) is 0. The van der Waals surface area contributed by atoms with Gasteiger partial charge < -0.3 is 14.2 Å². The van der Waals surface area contributed by atoms with E-state index in [1.54, 1.807) is 0 Å². The molecule has 0 aromatic heterocycles. The third-order valence-electron chi connectivity index (χ3n) is 11.5. The number of hydrogen-bond donors (Lipinski definition) is 0. The van der Waals surface area contributed by atoms with Crippen LogP contribution in [0.2, 0.25) is 0 Å². The molecule has 0 aliphatic heterocycles. The summed E-state index contributed by atoms with van der Waals surface area (Å²) in [5.74, 6) is 0.795. The van der Waals surface area contributed by atoms with Crippen molar-refractivity contribution in [1.82, 2.24) is 0 Å². The van der Waals surface area contributed by atoms with Gasteiger partial charge in [0.25, 0.3) is 0 Å². The zero-order valence-corrected chi connectivity index (χ0v) is 39.0. The van der Waals surface area contributed by atoms with Gasteiger partial charge in [-0.25, -0.2) is 0 Å². The van der Waals surface area contributed by atoms with Gasteiger partial charge in [-0.15, -0.1) is 0 Å². The number of ether oxygens (including phenoxy) is 3. The third-order valence-corrected chi connectivity index (χ3v) is 11.5. The van der Waals surface area contributed by atoms with Crippen LogP contribution in [-0.2, 0) is 28.6 Å². The molecular weight excluding hydrogens is 709 g/mol. The Hall–Kier alpha value is -1.59. The predicted octanol–water partition coefficient (Wildman–Crippen LogP) is 16.1. The summed E-state index contributed by atoms with van der Waals surface area (Å²) in [6.45, 7) is 11.3. The Bertz CT molecular complexity index is 870. The normalized spacial score (nSPS) is 12.1. The smallest absolute Gasteiger partial charge is 0.306 e. The van der Waals surface area contributed by atoms with E-state index in [9.17, 15) is 14.4 Å². The Morgan fingerprint density at radius 1 is 0.333 bits per heavy atom. The maximum Gasteiger partial charge on any atom is 0.306 e. The van der Waals surface area contributed by atoms with Crippen molar-refractivity contribution in [3.05, 3.63) is 0 Å².